The topological polar surface area (TPSA) is 122 Å². The molecule has 0 aliphatic carbocycles. The zero-order chi connectivity index (χ0) is 21.1. The van der Waals surface area contributed by atoms with Gasteiger partial charge < -0.3 is 11.1 Å². The Morgan fingerprint density at radius 1 is 1.36 bits per heavy atom. The van der Waals surface area contributed by atoms with E-state index in [4.69, 9.17) is 5.73 Å². The second-order valence-corrected chi connectivity index (χ2v) is 10.4. The van der Waals surface area contributed by atoms with Gasteiger partial charge in [0.1, 0.15) is 0 Å². The Kier molecular flexibility index (Phi) is 6.95. The summed E-state index contributed by atoms with van der Waals surface area (Å²) in [5.41, 5.74) is 5.85. The van der Waals surface area contributed by atoms with Crippen molar-refractivity contribution in [1.82, 2.24) is 14.6 Å². The fourth-order valence-corrected chi connectivity index (χ4v) is 4.82. The summed E-state index contributed by atoms with van der Waals surface area (Å²) < 4.78 is 27.0. The van der Waals surface area contributed by atoms with Crippen LogP contribution in [-0.2, 0) is 19.6 Å². The van der Waals surface area contributed by atoms with Gasteiger partial charge in [-0.15, -0.1) is 0 Å². The van der Waals surface area contributed by atoms with E-state index in [0.29, 0.717) is 19.3 Å². The van der Waals surface area contributed by atoms with Crippen LogP contribution in [0.15, 0.2) is 29.4 Å². The maximum atomic E-state index is 12.9. The zero-order valence-electron chi connectivity index (χ0n) is 16.9. The maximum Gasteiger partial charge on any atom is 0.261 e. The first-order chi connectivity index (χ1) is 12.9. The molecule has 0 radical (unpaired) electrons. The van der Waals surface area contributed by atoms with Crippen LogP contribution in [0.3, 0.4) is 0 Å². The van der Waals surface area contributed by atoms with E-state index in [1.807, 2.05) is 20.8 Å². The van der Waals surface area contributed by atoms with Crippen molar-refractivity contribution in [3.63, 3.8) is 0 Å². The monoisotopic (exact) mass is 410 g/mol. The number of carbonyl (C=O) groups excluding carboxylic acids is 2. The van der Waals surface area contributed by atoms with E-state index in [9.17, 15) is 18.0 Å². The fourth-order valence-electron chi connectivity index (χ4n) is 3.26. The minimum absolute atomic E-state index is 0.0932. The Bertz CT molecular complexity index is 805. The summed E-state index contributed by atoms with van der Waals surface area (Å²) >= 11 is 0. The average molecular weight is 411 g/mol. The number of carbonyl (C=O) groups is 2. The zero-order valence-corrected chi connectivity index (χ0v) is 17.7. The van der Waals surface area contributed by atoms with Crippen molar-refractivity contribution in [2.45, 2.75) is 70.1 Å². The van der Waals surface area contributed by atoms with Crippen LogP contribution in [0.4, 0.5) is 0 Å². The lowest BCUT2D eigenvalue weighted by Crippen LogP contribution is -2.50. The van der Waals surface area contributed by atoms with Crippen LogP contribution in [0, 0.1) is 5.41 Å². The van der Waals surface area contributed by atoms with E-state index >= 15 is 0 Å². The molecule has 0 spiro atoms. The lowest BCUT2D eigenvalue weighted by atomic mass is 9.88. The summed E-state index contributed by atoms with van der Waals surface area (Å²) in [6.07, 6.45) is 2.69. The Morgan fingerprint density at radius 3 is 2.61 bits per heavy atom. The number of hydrogen-bond donors (Lipinski definition) is 2. The minimum Gasteiger partial charge on any atom is -0.345 e. The summed E-state index contributed by atoms with van der Waals surface area (Å²) in [6.45, 7) is 7.40. The van der Waals surface area contributed by atoms with Crippen LogP contribution in [0.2, 0.25) is 0 Å². The second kappa shape index (κ2) is 8.67. The fraction of sp³-hybridized carbons (Fsp3) is 0.632. The molecule has 9 heteroatoms. The first kappa shape index (κ1) is 22.4. The number of nitrogens with zero attached hydrogens (tertiary/aromatic N) is 2. The van der Waals surface area contributed by atoms with Crippen LogP contribution in [-0.4, -0.2) is 54.1 Å². The van der Waals surface area contributed by atoms with Gasteiger partial charge in [-0.3, -0.25) is 9.59 Å². The van der Waals surface area contributed by atoms with Gasteiger partial charge in [-0.1, -0.05) is 26.8 Å². The number of amides is 1. The summed E-state index contributed by atoms with van der Waals surface area (Å²) in [5.74, 6) is -0.734. The third-order valence-electron chi connectivity index (χ3n) is 4.76. The molecule has 3 atom stereocenters. The summed E-state index contributed by atoms with van der Waals surface area (Å²) in [4.78, 5) is 29.0. The second-order valence-electron chi connectivity index (χ2n) is 8.54. The molecule has 1 amide bonds. The molecule has 1 aromatic heterocycles. The standard InChI is InChI=1S/C19H30N4O4S/c1-13-8-9-15(22-18(25)14(20)11-19(2,3)4)16(24)12-23(13)28(26,27)17-7-5-6-10-21-17/h5-7,10,13-15H,8-9,11-12,20H2,1-4H3,(H,22,25)/t13-,14+,15+/m1/s1. The van der Waals surface area contributed by atoms with Crippen LogP contribution in [0.5, 0.6) is 0 Å². The molecule has 3 N–H and O–H groups in total. The molecule has 2 rings (SSSR count). The molecule has 1 fully saturated rings. The van der Waals surface area contributed by atoms with Crippen molar-refractivity contribution in [2.75, 3.05) is 6.54 Å². The molecule has 0 saturated carbocycles. The first-order valence-corrected chi connectivity index (χ1v) is 10.9. The molecule has 1 aliphatic rings. The van der Waals surface area contributed by atoms with Crippen molar-refractivity contribution in [3.8, 4) is 0 Å². The quantitative estimate of drug-likeness (QED) is 0.749. The smallest absolute Gasteiger partial charge is 0.261 e. The first-order valence-electron chi connectivity index (χ1n) is 9.43. The Labute approximate surface area is 166 Å². The normalized spacial score (nSPS) is 23.1. The van der Waals surface area contributed by atoms with Gasteiger partial charge in [0.15, 0.2) is 10.8 Å². The van der Waals surface area contributed by atoms with Crippen molar-refractivity contribution >= 4 is 21.7 Å². The molecule has 0 bridgehead atoms. The molecule has 8 nitrogen and oxygen atoms in total. The molecule has 1 saturated heterocycles. The van der Waals surface area contributed by atoms with E-state index in [-0.39, 0.29) is 34.7 Å². The van der Waals surface area contributed by atoms with Crippen molar-refractivity contribution in [3.05, 3.63) is 24.4 Å². The van der Waals surface area contributed by atoms with Crippen LogP contribution in [0.25, 0.3) is 0 Å². The number of pyridine rings is 1. The highest BCUT2D eigenvalue weighted by Crippen LogP contribution is 2.23. The lowest BCUT2D eigenvalue weighted by Gasteiger charge is -2.25. The number of hydrogen-bond acceptors (Lipinski definition) is 6. The molecule has 156 valence electrons. The van der Waals surface area contributed by atoms with E-state index in [1.54, 1.807) is 19.1 Å². The highest BCUT2D eigenvalue weighted by molar-refractivity contribution is 7.89. The predicted octanol–water partition coefficient (Wildman–Crippen LogP) is 1.07. The number of sulfonamides is 1. The number of Topliss-reactive ketones (excluding diaryl/α,β-unsaturated/α-hetero) is 1. The summed E-state index contributed by atoms with van der Waals surface area (Å²) in [6, 6.07) is 2.77. The van der Waals surface area contributed by atoms with Gasteiger partial charge in [0.05, 0.1) is 18.6 Å². The van der Waals surface area contributed by atoms with Crippen molar-refractivity contribution in [1.29, 1.82) is 0 Å². The van der Waals surface area contributed by atoms with Gasteiger partial charge in [0.2, 0.25) is 5.91 Å². The van der Waals surface area contributed by atoms with E-state index in [0.717, 1.165) is 0 Å². The van der Waals surface area contributed by atoms with Gasteiger partial charge in [0.25, 0.3) is 10.0 Å². The summed E-state index contributed by atoms with van der Waals surface area (Å²) in [5, 5.41) is 2.62. The Morgan fingerprint density at radius 2 is 2.04 bits per heavy atom. The van der Waals surface area contributed by atoms with Gasteiger partial charge >= 0.3 is 0 Å². The SMILES string of the molecule is C[C@@H]1CC[C@H](NC(=O)[C@@H](N)CC(C)(C)C)C(=O)CN1S(=O)(=O)c1ccccn1. The highest BCUT2D eigenvalue weighted by atomic mass is 32.2. The predicted molar refractivity (Wildman–Crippen MR) is 106 cm³/mol. The molecule has 2 heterocycles. The largest absolute Gasteiger partial charge is 0.345 e. The molecule has 1 aliphatic heterocycles. The van der Waals surface area contributed by atoms with Gasteiger partial charge in [0, 0.05) is 12.2 Å². The van der Waals surface area contributed by atoms with Crippen LogP contribution in [0.1, 0.15) is 47.0 Å². The highest BCUT2D eigenvalue weighted by Gasteiger charge is 2.37. The molecule has 0 aromatic carbocycles. The van der Waals surface area contributed by atoms with Crippen molar-refractivity contribution < 1.29 is 18.0 Å². The third-order valence-corrected chi connectivity index (χ3v) is 6.64. The lowest BCUT2D eigenvalue weighted by molar-refractivity contribution is -0.128. The van der Waals surface area contributed by atoms with Gasteiger partial charge in [-0.2, -0.15) is 4.31 Å². The molecule has 1 aromatic rings. The molecule has 0 unspecified atom stereocenters. The minimum atomic E-state index is -3.90. The number of rotatable bonds is 5. The molecule has 28 heavy (non-hydrogen) atoms. The molecular weight excluding hydrogens is 380 g/mol. The number of nitrogens with one attached hydrogen (secondary N) is 1. The maximum absolute atomic E-state index is 12.9. The summed E-state index contributed by atoms with van der Waals surface area (Å²) in [7, 11) is -3.90. The third kappa shape index (κ3) is 5.59. The van der Waals surface area contributed by atoms with Crippen LogP contribution >= 0.6 is 0 Å². The van der Waals surface area contributed by atoms with Gasteiger partial charge in [-0.25, -0.2) is 13.4 Å². The Balaban J connectivity index is 2.12. The van der Waals surface area contributed by atoms with Gasteiger partial charge in [-0.05, 0) is 43.7 Å². The average Bonchev–Trinajstić information content (AvgIpc) is 2.74. The number of aromatic nitrogens is 1. The Hall–Kier alpha value is -1.84. The molecular formula is C19H30N4O4S. The van der Waals surface area contributed by atoms with Crippen molar-refractivity contribution in [2.24, 2.45) is 11.1 Å². The van der Waals surface area contributed by atoms with E-state index < -0.39 is 22.1 Å². The van der Waals surface area contributed by atoms with E-state index in [2.05, 4.69) is 10.3 Å². The van der Waals surface area contributed by atoms with Crippen LogP contribution < -0.4 is 11.1 Å². The number of nitrogens with two attached hydrogens (primary N) is 1. The van der Waals surface area contributed by atoms with E-state index in [1.165, 1.54) is 16.6 Å². The number of ketones is 1.